The fraction of sp³-hybridized carbons (Fsp3) is 0.176. The second kappa shape index (κ2) is 6.29. The van der Waals surface area contributed by atoms with Gasteiger partial charge in [-0.05, 0) is 17.7 Å². The number of aromatic nitrogens is 2. The molecule has 0 atom stereocenters. The Bertz CT molecular complexity index is 819. The molecule has 0 aliphatic carbocycles. The van der Waals surface area contributed by atoms with E-state index in [-0.39, 0.29) is 13.0 Å². The first-order valence-corrected chi connectivity index (χ1v) is 6.97. The number of aliphatic hydroxyl groups is 1. The predicted molar refractivity (Wildman–Crippen MR) is 81.2 cm³/mol. The molecule has 1 aromatic carbocycles. The highest BCUT2D eigenvalue weighted by Gasteiger charge is 2.14. The van der Waals surface area contributed by atoms with Crippen molar-refractivity contribution in [2.24, 2.45) is 0 Å². The molecule has 5 heteroatoms. The molecule has 0 radical (unpaired) electrons. The highest BCUT2D eigenvalue weighted by atomic mass is 16.5. The summed E-state index contributed by atoms with van der Waals surface area (Å²) < 4.78 is 7.69. The lowest BCUT2D eigenvalue weighted by molar-refractivity contribution is 0.277. The number of nitriles is 1. The molecule has 1 N–H and O–H groups in total. The van der Waals surface area contributed by atoms with Gasteiger partial charge in [0.25, 0.3) is 0 Å². The molecule has 110 valence electrons. The van der Waals surface area contributed by atoms with Crippen molar-refractivity contribution in [2.45, 2.75) is 19.6 Å². The molecule has 3 aromatic rings. The Hall–Kier alpha value is -2.84. The van der Waals surface area contributed by atoms with Crippen LogP contribution in [0.15, 0.2) is 48.7 Å². The molecule has 0 spiro atoms. The minimum atomic E-state index is -0.194. The van der Waals surface area contributed by atoms with Gasteiger partial charge in [-0.3, -0.25) is 4.40 Å². The Labute approximate surface area is 128 Å². The number of nitrogens with zero attached hydrogens (tertiary/aromatic N) is 3. The molecule has 0 aliphatic rings. The molecule has 2 heterocycles. The van der Waals surface area contributed by atoms with Gasteiger partial charge in [0.1, 0.15) is 23.7 Å². The minimum absolute atomic E-state index is 0.184. The van der Waals surface area contributed by atoms with Crippen LogP contribution in [0, 0.1) is 11.3 Å². The summed E-state index contributed by atoms with van der Waals surface area (Å²) in [6.45, 7) is 0.241. The average molecular weight is 293 g/mol. The van der Waals surface area contributed by atoms with Crippen molar-refractivity contribution in [2.75, 3.05) is 0 Å². The first-order valence-electron chi connectivity index (χ1n) is 6.97. The van der Waals surface area contributed by atoms with Crippen LogP contribution in [0.3, 0.4) is 0 Å². The molecule has 3 rings (SSSR count). The molecule has 0 unspecified atom stereocenters. The Balaban J connectivity index is 1.97. The molecular weight excluding hydrogens is 278 g/mol. The van der Waals surface area contributed by atoms with E-state index in [9.17, 15) is 5.11 Å². The van der Waals surface area contributed by atoms with Crippen molar-refractivity contribution in [1.82, 2.24) is 9.38 Å². The second-order valence-corrected chi connectivity index (χ2v) is 4.83. The van der Waals surface area contributed by atoms with E-state index in [4.69, 9.17) is 10.00 Å². The van der Waals surface area contributed by atoms with E-state index in [1.807, 2.05) is 48.7 Å². The van der Waals surface area contributed by atoms with Crippen LogP contribution in [0.5, 0.6) is 5.75 Å². The zero-order chi connectivity index (χ0) is 15.4. The number of pyridine rings is 1. The number of hydrogen-bond acceptors (Lipinski definition) is 4. The Morgan fingerprint density at radius 1 is 1.18 bits per heavy atom. The molecule has 0 saturated heterocycles. The maximum Gasteiger partial charge on any atom is 0.145 e. The van der Waals surface area contributed by atoms with Crippen molar-refractivity contribution in [3.63, 3.8) is 0 Å². The van der Waals surface area contributed by atoms with Gasteiger partial charge in [-0.25, -0.2) is 4.98 Å². The van der Waals surface area contributed by atoms with Crippen LogP contribution in [0.1, 0.15) is 17.1 Å². The summed E-state index contributed by atoms with van der Waals surface area (Å²) in [6.07, 6.45) is 2.01. The van der Waals surface area contributed by atoms with E-state index >= 15 is 0 Å². The molecule has 0 bridgehead atoms. The Kier molecular flexibility index (Phi) is 4.03. The van der Waals surface area contributed by atoms with Crippen LogP contribution in [0.2, 0.25) is 0 Å². The first-order chi connectivity index (χ1) is 10.8. The normalized spacial score (nSPS) is 10.5. The molecule has 0 saturated carbocycles. The summed E-state index contributed by atoms with van der Waals surface area (Å²) in [4.78, 5) is 4.32. The molecule has 0 amide bonds. The Morgan fingerprint density at radius 2 is 2.00 bits per heavy atom. The number of imidazole rings is 1. The third-order valence-electron chi connectivity index (χ3n) is 3.40. The van der Waals surface area contributed by atoms with Gasteiger partial charge in [-0.1, -0.05) is 30.3 Å². The Morgan fingerprint density at radius 3 is 2.73 bits per heavy atom. The van der Waals surface area contributed by atoms with Gasteiger partial charge in [-0.15, -0.1) is 0 Å². The summed E-state index contributed by atoms with van der Waals surface area (Å²) in [5.74, 6) is 1.25. The average Bonchev–Trinajstić information content (AvgIpc) is 2.93. The standard InChI is InChI=1S/C17H15N3O2/c18-9-8-16-19-14(11-21)17-15(7-4-10-20(16)17)22-12-13-5-2-1-3-6-13/h1-7,10,21H,8,11-12H2. The van der Waals surface area contributed by atoms with Gasteiger partial charge in [0.2, 0.25) is 0 Å². The fourth-order valence-electron chi connectivity index (χ4n) is 2.41. The fourth-order valence-corrected chi connectivity index (χ4v) is 2.41. The topological polar surface area (TPSA) is 70.5 Å². The number of benzene rings is 1. The van der Waals surface area contributed by atoms with E-state index in [0.29, 0.717) is 29.4 Å². The quantitative estimate of drug-likeness (QED) is 0.784. The third-order valence-corrected chi connectivity index (χ3v) is 3.40. The van der Waals surface area contributed by atoms with E-state index < -0.39 is 0 Å². The summed E-state index contributed by atoms with van der Waals surface area (Å²) in [5.41, 5.74) is 2.30. The predicted octanol–water partition coefficient (Wildman–Crippen LogP) is 2.47. The van der Waals surface area contributed by atoms with Gasteiger partial charge in [0, 0.05) is 6.20 Å². The van der Waals surface area contributed by atoms with Gasteiger partial charge in [0.05, 0.1) is 24.8 Å². The highest BCUT2D eigenvalue weighted by Crippen LogP contribution is 2.25. The monoisotopic (exact) mass is 293 g/mol. The zero-order valence-electron chi connectivity index (χ0n) is 11.9. The number of hydrogen-bond donors (Lipinski definition) is 1. The largest absolute Gasteiger partial charge is 0.487 e. The van der Waals surface area contributed by atoms with Crippen molar-refractivity contribution >= 4 is 5.52 Å². The zero-order valence-corrected chi connectivity index (χ0v) is 11.9. The van der Waals surface area contributed by atoms with Gasteiger partial charge in [-0.2, -0.15) is 5.26 Å². The molecule has 22 heavy (non-hydrogen) atoms. The summed E-state index contributed by atoms with van der Waals surface area (Å²) in [7, 11) is 0. The van der Waals surface area contributed by atoms with Crippen LogP contribution in [-0.4, -0.2) is 14.5 Å². The van der Waals surface area contributed by atoms with E-state index in [0.717, 1.165) is 5.56 Å². The third kappa shape index (κ3) is 2.65. The summed E-state index contributed by atoms with van der Waals surface area (Å²) in [6, 6.07) is 15.6. The molecular formula is C17H15N3O2. The molecule has 5 nitrogen and oxygen atoms in total. The van der Waals surface area contributed by atoms with Crippen LogP contribution >= 0.6 is 0 Å². The maximum atomic E-state index is 9.51. The molecule has 0 fully saturated rings. The number of aliphatic hydroxyl groups excluding tert-OH is 1. The van der Waals surface area contributed by atoms with Crippen molar-refractivity contribution in [3.05, 3.63) is 65.7 Å². The van der Waals surface area contributed by atoms with E-state index in [1.54, 1.807) is 4.40 Å². The number of rotatable bonds is 5. The highest BCUT2D eigenvalue weighted by molar-refractivity contribution is 5.64. The van der Waals surface area contributed by atoms with Crippen LogP contribution in [-0.2, 0) is 19.6 Å². The lowest BCUT2D eigenvalue weighted by atomic mass is 10.2. The van der Waals surface area contributed by atoms with E-state index in [1.165, 1.54) is 0 Å². The smallest absolute Gasteiger partial charge is 0.145 e. The lowest BCUT2D eigenvalue weighted by Gasteiger charge is -2.09. The van der Waals surface area contributed by atoms with E-state index in [2.05, 4.69) is 11.1 Å². The SMILES string of the molecule is N#CCc1nc(CO)c2c(OCc3ccccc3)cccn12. The van der Waals surface area contributed by atoms with Crippen molar-refractivity contribution in [1.29, 1.82) is 5.26 Å². The van der Waals surface area contributed by atoms with Gasteiger partial charge in [0.15, 0.2) is 0 Å². The van der Waals surface area contributed by atoms with Crippen molar-refractivity contribution in [3.8, 4) is 11.8 Å². The van der Waals surface area contributed by atoms with Crippen molar-refractivity contribution < 1.29 is 9.84 Å². The first kappa shape index (κ1) is 14.1. The number of ether oxygens (including phenoxy) is 1. The molecule has 2 aromatic heterocycles. The minimum Gasteiger partial charge on any atom is -0.487 e. The van der Waals surface area contributed by atoms with Crippen LogP contribution < -0.4 is 4.74 Å². The lowest BCUT2D eigenvalue weighted by Crippen LogP contribution is -1.99. The van der Waals surface area contributed by atoms with Gasteiger partial charge < -0.3 is 9.84 Å². The van der Waals surface area contributed by atoms with Crippen LogP contribution in [0.4, 0.5) is 0 Å². The number of fused-ring (bicyclic) bond motifs is 1. The molecule has 0 aliphatic heterocycles. The second-order valence-electron chi connectivity index (χ2n) is 4.83. The van der Waals surface area contributed by atoms with Crippen LogP contribution in [0.25, 0.3) is 5.52 Å². The summed E-state index contributed by atoms with van der Waals surface area (Å²) >= 11 is 0. The van der Waals surface area contributed by atoms with Gasteiger partial charge >= 0.3 is 0 Å². The summed E-state index contributed by atoms with van der Waals surface area (Å²) in [5, 5.41) is 18.4. The maximum absolute atomic E-state index is 9.51.